The first-order valence-electron chi connectivity index (χ1n) is 3.09. The first kappa shape index (κ1) is 8.20. The molecule has 0 aliphatic heterocycles. The molecule has 0 aliphatic carbocycles. The predicted molar refractivity (Wildman–Crippen MR) is 46.7 cm³/mol. The number of carbonyl (C=O) groups excluding carboxylic acids is 1. The number of pyridine rings is 1. The number of nitrogens with one attached hydrogen (secondary N) is 1. The van der Waals surface area contributed by atoms with E-state index in [2.05, 4.69) is 26.2 Å². The lowest BCUT2D eigenvalue weighted by Gasteiger charge is -1.99. The van der Waals surface area contributed by atoms with Gasteiger partial charge < -0.3 is 5.32 Å². The van der Waals surface area contributed by atoms with Crippen LogP contribution in [-0.2, 0) is 4.79 Å². The van der Waals surface area contributed by atoms with Crippen LogP contribution in [0.2, 0.25) is 0 Å². The number of halogens is 1. The van der Waals surface area contributed by atoms with Crippen LogP contribution in [0.4, 0.5) is 5.69 Å². The Labute approximate surface area is 73.0 Å². The van der Waals surface area contributed by atoms with E-state index in [1.54, 1.807) is 24.5 Å². The highest BCUT2D eigenvalue weighted by molar-refractivity contribution is 9.09. The smallest absolute Gasteiger partial charge is 0.235 e. The molecule has 0 atom stereocenters. The minimum atomic E-state index is -0.0591. The van der Waals surface area contributed by atoms with Crippen molar-refractivity contribution < 1.29 is 4.79 Å². The van der Waals surface area contributed by atoms with Gasteiger partial charge in [0.15, 0.2) is 0 Å². The number of hydrogen-bond acceptors (Lipinski definition) is 2. The Morgan fingerprint density at radius 3 is 2.73 bits per heavy atom. The number of anilines is 1. The number of alkyl halides is 1. The summed E-state index contributed by atoms with van der Waals surface area (Å²) in [7, 11) is 0. The number of amides is 1. The van der Waals surface area contributed by atoms with Crippen molar-refractivity contribution in [2.24, 2.45) is 0 Å². The normalized spacial score (nSPS) is 9.18. The maximum Gasteiger partial charge on any atom is 0.235 e. The molecule has 0 fully saturated rings. The lowest BCUT2D eigenvalue weighted by Crippen LogP contribution is -2.11. The van der Waals surface area contributed by atoms with Gasteiger partial charge in [-0.3, -0.25) is 9.78 Å². The number of carbonyl (C=O) groups is 1. The summed E-state index contributed by atoms with van der Waals surface area (Å²) >= 11 is 3.04. The molecular formula is C7H7BrN2O. The van der Waals surface area contributed by atoms with E-state index in [-0.39, 0.29) is 5.91 Å². The summed E-state index contributed by atoms with van der Waals surface area (Å²) in [4.78, 5) is 14.6. The first-order chi connectivity index (χ1) is 5.33. The molecule has 58 valence electrons. The van der Waals surface area contributed by atoms with Gasteiger partial charge >= 0.3 is 0 Å². The average Bonchev–Trinajstić information content (AvgIpc) is 2.06. The summed E-state index contributed by atoms with van der Waals surface area (Å²) in [5.74, 6) is -0.0591. The van der Waals surface area contributed by atoms with Gasteiger partial charge in [-0.1, -0.05) is 15.9 Å². The molecule has 0 unspecified atom stereocenters. The van der Waals surface area contributed by atoms with E-state index >= 15 is 0 Å². The van der Waals surface area contributed by atoms with Gasteiger partial charge in [0.25, 0.3) is 0 Å². The third kappa shape index (κ3) is 2.67. The van der Waals surface area contributed by atoms with Gasteiger partial charge in [0.05, 0.1) is 5.33 Å². The Morgan fingerprint density at radius 2 is 2.18 bits per heavy atom. The fourth-order valence-corrected chi connectivity index (χ4v) is 0.770. The van der Waals surface area contributed by atoms with Crippen molar-refractivity contribution in [3.63, 3.8) is 0 Å². The van der Waals surface area contributed by atoms with E-state index in [0.717, 1.165) is 5.69 Å². The Bertz CT molecular complexity index is 237. The van der Waals surface area contributed by atoms with Crippen molar-refractivity contribution in [1.29, 1.82) is 0 Å². The third-order valence-electron chi connectivity index (χ3n) is 1.09. The number of hydrogen-bond donors (Lipinski definition) is 1. The molecule has 3 nitrogen and oxygen atoms in total. The zero-order valence-corrected chi connectivity index (χ0v) is 7.34. The highest BCUT2D eigenvalue weighted by Gasteiger charge is 1.96. The van der Waals surface area contributed by atoms with E-state index in [4.69, 9.17) is 0 Å². The fraction of sp³-hybridized carbons (Fsp3) is 0.143. The predicted octanol–water partition coefficient (Wildman–Crippen LogP) is 1.42. The van der Waals surface area contributed by atoms with Crippen molar-refractivity contribution in [3.05, 3.63) is 24.5 Å². The molecule has 0 spiro atoms. The van der Waals surface area contributed by atoms with Crippen LogP contribution in [0, 0.1) is 0 Å². The zero-order valence-electron chi connectivity index (χ0n) is 5.75. The standard InChI is InChI=1S/C7H7BrN2O/c8-5-7(11)10-6-1-3-9-4-2-6/h1-4H,5H2,(H,9,10,11). The van der Waals surface area contributed by atoms with Crippen LogP contribution < -0.4 is 5.32 Å². The van der Waals surface area contributed by atoms with Crippen LogP contribution in [0.1, 0.15) is 0 Å². The van der Waals surface area contributed by atoms with Gasteiger partial charge in [-0.15, -0.1) is 0 Å². The molecule has 11 heavy (non-hydrogen) atoms. The lowest BCUT2D eigenvalue weighted by molar-refractivity contribution is -0.113. The van der Waals surface area contributed by atoms with Crippen LogP contribution in [0.15, 0.2) is 24.5 Å². The van der Waals surface area contributed by atoms with E-state index in [1.165, 1.54) is 0 Å². The number of rotatable bonds is 2. The molecule has 0 saturated heterocycles. The summed E-state index contributed by atoms with van der Waals surface area (Å²) in [5.41, 5.74) is 0.768. The van der Waals surface area contributed by atoms with Crippen molar-refractivity contribution in [2.75, 3.05) is 10.6 Å². The third-order valence-corrected chi connectivity index (χ3v) is 1.59. The van der Waals surface area contributed by atoms with Crippen LogP contribution in [0.5, 0.6) is 0 Å². The average molecular weight is 215 g/mol. The molecule has 1 amide bonds. The van der Waals surface area contributed by atoms with Crippen LogP contribution >= 0.6 is 15.9 Å². The molecule has 1 aromatic rings. The molecule has 0 saturated carbocycles. The fourth-order valence-electron chi connectivity index (χ4n) is 0.630. The second-order valence-electron chi connectivity index (χ2n) is 1.92. The minimum absolute atomic E-state index is 0.0591. The molecule has 0 bridgehead atoms. The van der Waals surface area contributed by atoms with E-state index in [9.17, 15) is 4.79 Å². The summed E-state index contributed by atoms with van der Waals surface area (Å²) in [6.07, 6.45) is 3.26. The lowest BCUT2D eigenvalue weighted by atomic mass is 10.4. The van der Waals surface area contributed by atoms with E-state index in [1.807, 2.05) is 0 Å². The van der Waals surface area contributed by atoms with Crippen LogP contribution in [0.25, 0.3) is 0 Å². The molecule has 1 aromatic heterocycles. The SMILES string of the molecule is O=C(CBr)Nc1ccncc1. The molecule has 1 N–H and O–H groups in total. The highest BCUT2D eigenvalue weighted by Crippen LogP contribution is 2.02. The Kier molecular flexibility index (Phi) is 3.04. The molecule has 0 radical (unpaired) electrons. The summed E-state index contributed by atoms with van der Waals surface area (Å²) in [6.45, 7) is 0. The van der Waals surface area contributed by atoms with Crippen molar-refractivity contribution in [1.82, 2.24) is 4.98 Å². The van der Waals surface area contributed by atoms with Gasteiger partial charge in [0.1, 0.15) is 0 Å². The van der Waals surface area contributed by atoms with Gasteiger partial charge in [-0.05, 0) is 12.1 Å². The van der Waals surface area contributed by atoms with Gasteiger partial charge in [0, 0.05) is 18.1 Å². The zero-order chi connectivity index (χ0) is 8.10. The summed E-state index contributed by atoms with van der Waals surface area (Å²) in [6, 6.07) is 3.47. The number of nitrogens with zero attached hydrogens (tertiary/aromatic N) is 1. The molecule has 4 heteroatoms. The maximum absolute atomic E-state index is 10.8. The van der Waals surface area contributed by atoms with Gasteiger partial charge in [0.2, 0.25) is 5.91 Å². The second-order valence-corrected chi connectivity index (χ2v) is 2.48. The molecular weight excluding hydrogens is 208 g/mol. The van der Waals surface area contributed by atoms with E-state index in [0.29, 0.717) is 5.33 Å². The highest BCUT2D eigenvalue weighted by atomic mass is 79.9. The van der Waals surface area contributed by atoms with Crippen LogP contribution in [0.3, 0.4) is 0 Å². The van der Waals surface area contributed by atoms with Crippen LogP contribution in [-0.4, -0.2) is 16.2 Å². The second kappa shape index (κ2) is 4.08. The molecule has 1 rings (SSSR count). The minimum Gasteiger partial charge on any atom is -0.325 e. The van der Waals surface area contributed by atoms with Crippen molar-refractivity contribution >= 4 is 27.5 Å². The quantitative estimate of drug-likeness (QED) is 0.758. The van der Waals surface area contributed by atoms with E-state index < -0.39 is 0 Å². The Balaban J connectivity index is 2.58. The summed E-state index contributed by atoms with van der Waals surface area (Å²) < 4.78 is 0. The summed E-state index contributed by atoms with van der Waals surface area (Å²) in [5, 5.41) is 2.98. The van der Waals surface area contributed by atoms with Gasteiger partial charge in [-0.2, -0.15) is 0 Å². The van der Waals surface area contributed by atoms with Gasteiger partial charge in [-0.25, -0.2) is 0 Å². The topological polar surface area (TPSA) is 42.0 Å². The van der Waals surface area contributed by atoms with Crippen molar-refractivity contribution in [2.45, 2.75) is 0 Å². The van der Waals surface area contributed by atoms with Crippen molar-refractivity contribution in [3.8, 4) is 0 Å². The maximum atomic E-state index is 10.8. The largest absolute Gasteiger partial charge is 0.325 e. The monoisotopic (exact) mass is 214 g/mol. The first-order valence-corrected chi connectivity index (χ1v) is 4.21. The molecule has 1 heterocycles. The Hall–Kier alpha value is -0.900. The molecule has 0 aromatic carbocycles. The Morgan fingerprint density at radius 1 is 1.55 bits per heavy atom. The molecule has 0 aliphatic rings. The number of aromatic nitrogens is 1.